The molecule has 0 aromatic heterocycles. The molecule has 0 saturated carbocycles. The maximum absolute atomic E-state index is 12.7. The highest BCUT2D eigenvalue weighted by Crippen LogP contribution is 2.28. The minimum absolute atomic E-state index is 0.0485. The molecule has 0 aliphatic heterocycles. The van der Waals surface area contributed by atoms with Gasteiger partial charge in [-0.25, -0.2) is 4.79 Å². The lowest BCUT2D eigenvalue weighted by molar-refractivity contribution is -0.384. The van der Waals surface area contributed by atoms with Crippen LogP contribution in [0.2, 0.25) is 5.02 Å². The second-order valence-corrected chi connectivity index (χ2v) is 6.27. The molecule has 2 rings (SSSR count). The fraction of sp³-hybridized carbons (Fsp3) is 0.158. The molecule has 27 heavy (non-hydrogen) atoms. The van der Waals surface area contributed by atoms with Crippen molar-refractivity contribution in [2.45, 2.75) is 20.0 Å². The summed E-state index contributed by atoms with van der Waals surface area (Å²) in [5.41, 5.74) is 1.01. The van der Waals surface area contributed by atoms with E-state index in [2.05, 4.69) is 5.32 Å². The smallest absolute Gasteiger partial charge is 0.331 e. The predicted octanol–water partition coefficient (Wildman–Crippen LogP) is 4.44. The number of ether oxygens (including phenoxy) is 1. The number of hydrogen-bond donors (Lipinski definition) is 1. The molecule has 0 heterocycles. The van der Waals surface area contributed by atoms with Gasteiger partial charge in [-0.1, -0.05) is 47.5 Å². The van der Waals surface area contributed by atoms with Gasteiger partial charge < -0.3 is 10.1 Å². The van der Waals surface area contributed by atoms with Crippen molar-refractivity contribution in [3.63, 3.8) is 0 Å². The van der Waals surface area contributed by atoms with Crippen LogP contribution in [0.4, 0.5) is 11.4 Å². The molecule has 1 N–H and O–H groups in total. The van der Waals surface area contributed by atoms with Gasteiger partial charge in [-0.2, -0.15) is 0 Å². The summed E-state index contributed by atoms with van der Waals surface area (Å²) in [5.74, 6) is -1.31. The third-order valence-corrected chi connectivity index (χ3v) is 3.71. The highest BCUT2D eigenvalue weighted by molar-refractivity contribution is 6.32. The number of esters is 1. The van der Waals surface area contributed by atoms with E-state index in [-0.39, 0.29) is 16.4 Å². The Hall–Kier alpha value is -3.19. The van der Waals surface area contributed by atoms with E-state index in [1.165, 1.54) is 18.2 Å². The predicted molar refractivity (Wildman–Crippen MR) is 101 cm³/mol. The van der Waals surface area contributed by atoms with E-state index in [1.807, 2.05) is 0 Å². The summed E-state index contributed by atoms with van der Waals surface area (Å²) in [7, 11) is 0. The minimum atomic E-state index is -1.22. The zero-order valence-electron chi connectivity index (χ0n) is 14.6. The zero-order valence-corrected chi connectivity index (χ0v) is 15.4. The first-order valence-corrected chi connectivity index (χ1v) is 8.31. The molecule has 140 valence electrons. The lowest BCUT2D eigenvalue weighted by atomic mass is 10.1. The maximum Gasteiger partial charge on any atom is 0.331 e. The van der Waals surface area contributed by atoms with Gasteiger partial charge in [-0.3, -0.25) is 14.9 Å². The highest BCUT2D eigenvalue weighted by atomic mass is 35.5. The van der Waals surface area contributed by atoms with Crippen LogP contribution in [0.5, 0.6) is 0 Å². The van der Waals surface area contributed by atoms with Gasteiger partial charge >= 0.3 is 5.97 Å². The van der Waals surface area contributed by atoms with Crippen molar-refractivity contribution in [1.29, 1.82) is 0 Å². The van der Waals surface area contributed by atoms with Gasteiger partial charge in [0.2, 0.25) is 6.10 Å². The second kappa shape index (κ2) is 8.95. The van der Waals surface area contributed by atoms with Gasteiger partial charge in [0.25, 0.3) is 11.6 Å². The van der Waals surface area contributed by atoms with E-state index >= 15 is 0 Å². The van der Waals surface area contributed by atoms with Crippen molar-refractivity contribution in [1.82, 2.24) is 0 Å². The van der Waals surface area contributed by atoms with Crippen molar-refractivity contribution >= 4 is 34.9 Å². The maximum atomic E-state index is 12.7. The molecule has 0 spiro atoms. The monoisotopic (exact) mass is 388 g/mol. The molecule has 0 saturated heterocycles. The number of nitrogens with zero attached hydrogens (tertiary/aromatic N) is 1. The fourth-order valence-electron chi connectivity index (χ4n) is 2.22. The standard InChI is InChI=1S/C19H17ClN2O5/c1-12(2)10-17(23)27-18(13-6-4-3-5-7-13)19(24)21-14-8-9-15(20)16(11-14)22(25)26/h3-11,18H,1-2H3,(H,21,24). The number of nitro benzene ring substituents is 1. The van der Waals surface area contributed by atoms with Crippen LogP contribution in [-0.4, -0.2) is 16.8 Å². The Morgan fingerprint density at radius 1 is 1.19 bits per heavy atom. The summed E-state index contributed by atoms with van der Waals surface area (Å²) in [6, 6.07) is 12.3. The van der Waals surface area contributed by atoms with E-state index in [4.69, 9.17) is 16.3 Å². The van der Waals surface area contributed by atoms with Crippen LogP contribution in [0, 0.1) is 10.1 Å². The molecule has 0 aliphatic rings. The molecule has 0 bridgehead atoms. The fourth-order valence-corrected chi connectivity index (χ4v) is 2.41. The van der Waals surface area contributed by atoms with Crippen LogP contribution in [0.3, 0.4) is 0 Å². The normalized spacial score (nSPS) is 11.2. The molecule has 7 nitrogen and oxygen atoms in total. The first kappa shape index (κ1) is 20.1. The first-order chi connectivity index (χ1) is 12.8. The third-order valence-electron chi connectivity index (χ3n) is 3.39. The number of carbonyl (C=O) groups excluding carboxylic acids is 2. The van der Waals surface area contributed by atoms with Crippen LogP contribution in [0.1, 0.15) is 25.5 Å². The van der Waals surface area contributed by atoms with Gasteiger partial charge in [-0.05, 0) is 26.0 Å². The number of benzene rings is 2. The number of anilines is 1. The number of halogens is 1. The number of nitrogens with one attached hydrogen (secondary N) is 1. The lowest BCUT2D eigenvalue weighted by Crippen LogP contribution is -2.25. The number of allylic oxidation sites excluding steroid dienone is 1. The Bertz CT molecular complexity index is 892. The molecule has 0 aliphatic carbocycles. The second-order valence-electron chi connectivity index (χ2n) is 5.86. The van der Waals surface area contributed by atoms with Gasteiger partial charge in [0.1, 0.15) is 5.02 Å². The van der Waals surface area contributed by atoms with Crippen molar-refractivity contribution in [2.75, 3.05) is 5.32 Å². The van der Waals surface area contributed by atoms with Crippen molar-refractivity contribution in [3.05, 3.63) is 80.9 Å². The highest BCUT2D eigenvalue weighted by Gasteiger charge is 2.25. The van der Waals surface area contributed by atoms with Gasteiger partial charge in [0, 0.05) is 23.4 Å². The summed E-state index contributed by atoms with van der Waals surface area (Å²) >= 11 is 5.77. The van der Waals surface area contributed by atoms with E-state index in [1.54, 1.807) is 44.2 Å². The molecular weight excluding hydrogens is 372 g/mol. The molecular formula is C19H17ClN2O5. The van der Waals surface area contributed by atoms with Crippen LogP contribution in [-0.2, 0) is 14.3 Å². The molecule has 8 heteroatoms. The SMILES string of the molecule is CC(C)=CC(=O)OC(C(=O)Nc1ccc(Cl)c([N+](=O)[O-])c1)c1ccccc1. The summed E-state index contributed by atoms with van der Waals surface area (Å²) < 4.78 is 5.30. The molecule has 2 aromatic carbocycles. The number of hydrogen-bond acceptors (Lipinski definition) is 5. The van der Waals surface area contributed by atoms with Crippen LogP contribution < -0.4 is 5.32 Å². The molecule has 1 atom stereocenters. The van der Waals surface area contributed by atoms with E-state index in [9.17, 15) is 19.7 Å². The van der Waals surface area contributed by atoms with Crippen molar-refractivity contribution < 1.29 is 19.2 Å². The Morgan fingerprint density at radius 3 is 2.44 bits per heavy atom. The van der Waals surface area contributed by atoms with Gasteiger partial charge in [0.05, 0.1) is 4.92 Å². The quantitative estimate of drug-likeness (QED) is 0.341. The van der Waals surface area contributed by atoms with E-state index in [0.717, 1.165) is 11.6 Å². The Morgan fingerprint density at radius 2 is 1.85 bits per heavy atom. The van der Waals surface area contributed by atoms with Gasteiger partial charge in [-0.15, -0.1) is 0 Å². The average molecular weight is 389 g/mol. The Kier molecular flexibility index (Phi) is 6.67. The topological polar surface area (TPSA) is 98.5 Å². The van der Waals surface area contributed by atoms with E-state index < -0.39 is 22.9 Å². The van der Waals surface area contributed by atoms with Crippen LogP contribution in [0.25, 0.3) is 0 Å². The third kappa shape index (κ3) is 5.65. The van der Waals surface area contributed by atoms with Crippen molar-refractivity contribution in [3.8, 4) is 0 Å². The molecule has 0 fully saturated rings. The molecule has 1 unspecified atom stereocenters. The molecule has 0 radical (unpaired) electrons. The largest absolute Gasteiger partial charge is 0.444 e. The molecule has 1 amide bonds. The first-order valence-electron chi connectivity index (χ1n) is 7.93. The van der Waals surface area contributed by atoms with Gasteiger partial charge in [0.15, 0.2) is 0 Å². The average Bonchev–Trinajstić information content (AvgIpc) is 2.61. The number of carbonyl (C=O) groups is 2. The van der Waals surface area contributed by atoms with Crippen LogP contribution >= 0.6 is 11.6 Å². The number of rotatable bonds is 6. The summed E-state index contributed by atoms with van der Waals surface area (Å²) in [6.45, 7) is 3.46. The number of amides is 1. The zero-order chi connectivity index (χ0) is 20.0. The minimum Gasteiger partial charge on any atom is -0.444 e. The Balaban J connectivity index is 2.29. The Labute approximate surface area is 160 Å². The summed E-state index contributed by atoms with van der Waals surface area (Å²) in [4.78, 5) is 35.0. The van der Waals surface area contributed by atoms with Crippen LogP contribution in [0.15, 0.2) is 60.2 Å². The lowest BCUT2D eigenvalue weighted by Gasteiger charge is -2.17. The van der Waals surface area contributed by atoms with E-state index in [0.29, 0.717) is 5.56 Å². The summed E-state index contributed by atoms with van der Waals surface area (Å²) in [5, 5.41) is 13.5. The molecule has 2 aromatic rings. The van der Waals surface area contributed by atoms with Crippen molar-refractivity contribution in [2.24, 2.45) is 0 Å². The number of nitro groups is 1. The summed E-state index contributed by atoms with van der Waals surface area (Å²) in [6.07, 6.45) is 0.0557.